The number of piperidine rings is 1. The quantitative estimate of drug-likeness (QED) is 0.631. The van der Waals surface area contributed by atoms with Gasteiger partial charge in [0.15, 0.2) is 5.82 Å². The van der Waals surface area contributed by atoms with Gasteiger partial charge < -0.3 is 21.3 Å². The molecule has 1 aliphatic rings. The number of hydrogen-bond acceptors (Lipinski definition) is 7. The van der Waals surface area contributed by atoms with E-state index in [4.69, 9.17) is 5.73 Å². The molecule has 1 fully saturated rings. The maximum atomic E-state index is 13.1. The predicted molar refractivity (Wildman–Crippen MR) is 89.8 cm³/mol. The van der Waals surface area contributed by atoms with E-state index in [0.29, 0.717) is 19.0 Å². The van der Waals surface area contributed by atoms with Gasteiger partial charge in [-0.1, -0.05) is 0 Å². The van der Waals surface area contributed by atoms with Gasteiger partial charge in [0.05, 0.1) is 11.3 Å². The highest BCUT2D eigenvalue weighted by Crippen LogP contribution is 2.45. The molecule has 3 rings (SSSR count). The number of benzene rings is 1. The normalized spacial score (nSPS) is 17.5. The number of nitrogens with zero attached hydrogens (tertiary/aromatic N) is 3. The molecule has 1 aromatic heterocycles. The number of rotatable bonds is 2. The van der Waals surface area contributed by atoms with Crippen LogP contribution in [0.5, 0.6) is 11.5 Å². The Bertz CT molecular complexity index is 918. The summed E-state index contributed by atoms with van der Waals surface area (Å²) in [6.45, 7) is 1.33. The molecule has 1 unspecified atom stereocenters. The molecule has 1 aromatic carbocycles. The predicted octanol–water partition coefficient (Wildman–Crippen LogP) is 2.49. The van der Waals surface area contributed by atoms with Crippen LogP contribution in [0.4, 0.5) is 19.0 Å². The Labute approximate surface area is 152 Å². The molecular weight excluding hydrogens is 363 g/mol. The van der Waals surface area contributed by atoms with E-state index in [9.17, 15) is 28.6 Å². The van der Waals surface area contributed by atoms with E-state index in [2.05, 4.69) is 15.3 Å². The first kappa shape index (κ1) is 18.7. The zero-order valence-electron chi connectivity index (χ0n) is 14.0. The molecule has 7 nitrogen and oxygen atoms in total. The van der Waals surface area contributed by atoms with Gasteiger partial charge in [0.1, 0.15) is 34.5 Å². The van der Waals surface area contributed by atoms with Crippen LogP contribution >= 0.6 is 0 Å². The Hall–Kier alpha value is -3.06. The number of anilines is 1. The SMILES string of the molecule is N#Cc1c(N)nc(-c2c(O)ccc(C(F)(F)F)c2O)nc1C1CCCNC1. The standard InChI is InChI=1S/C17H16F3N5O2/c18-17(19,20)10-3-4-11(26)12(14(10)27)16-24-13(8-2-1-5-23-7-8)9(6-21)15(22)25-16/h3-4,8,23,26-27H,1-2,5,7H2,(H2,22,24,25). The van der Waals surface area contributed by atoms with Gasteiger partial charge in [0, 0.05) is 12.5 Å². The van der Waals surface area contributed by atoms with E-state index in [0.717, 1.165) is 19.0 Å². The molecule has 27 heavy (non-hydrogen) atoms. The molecule has 142 valence electrons. The number of aromatic nitrogens is 2. The van der Waals surface area contributed by atoms with Gasteiger partial charge in [0.25, 0.3) is 0 Å². The maximum Gasteiger partial charge on any atom is 0.419 e. The molecule has 0 radical (unpaired) electrons. The molecule has 1 saturated heterocycles. The molecule has 0 saturated carbocycles. The molecule has 2 heterocycles. The van der Waals surface area contributed by atoms with E-state index in [1.807, 2.05) is 6.07 Å². The summed E-state index contributed by atoms with van der Waals surface area (Å²) < 4.78 is 39.3. The van der Waals surface area contributed by atoms with Crippen molar-refractivity contribution < 1.29 is 23.4 Å². The van der Waals surface area contributed by atoms with Crippen LogP contribution in [0.1, 0.15) is 35.6 Å². The van der Waals surface area contributed by atoms with Crippen LogP contribution in [-0.2, 0) is 6.18 Å². The number of nitrogen functional groups attached to an aromatic ring is 1. The third kappa shape index (κ3) is 3.46. The van der Waals surface area contributed by atoms with Crippen LogP contribution in [0.3, 0.4) is 0 Å². The number of halogens is 3. The fourth-order valence-electron chi connectivity index (χ4n) is 3.13. The number of phenolic OH excluding ortho intramolecular Hbond substituents is 2. The molecule has 0 amide bonds. The number of nitriles is 1. The van der Waals surface area contributed by atoms with Gasteiger partial charge in [-0.3, -0.25) is 0 Å². The van der Waals surface area contributed by atoms with Crippen molar-refractivity contribution >= 4 is 5.82 Å². The van der Waals surface area contributed by atoms with Crippen molar-refractivity contribution in [2.75, 3.05) is 18.8 Å². The van der Waals surface area contributed by atoms with Crippen molar-refractivity contribution in [1.82, 2.24) is 15.3 Å². The van der Waals surface area contributed by atoms with Gasteiger partial charge >= 0.3 is 6.18 Å². The molecule has 1 atom stereocenters. The van der Waals surface area contributed by atoms with Crippen LogP contribution in [-0.4, -0.2) is 33.3 Å². The van der Waals surface area contributed by atoms with E-state index < -0.39 is 28.8 Å². The number of alkyl halides is 3. The first-order valence-electron chi connectivity index (χ1n) is 8.14. The minimum absolute atomic E-state index is 0.0402. The molecule has 0 aliphatic carbocycles. The smallest absolute Gasteiger partial charge is 0.419 e. The second-order valence-electron chi connectivity index (χ2n) is 6.20. The van der Waals surface area contributed by atoms with Gasteiger partial charge in [0.2, 0.25) is 0 Å². The topological polar surface area (TPSA) is 128 Å². The van der Waals surface area contributed by atoms with Crippen molar-refractivity contribution in [2.24, 2.45) is 0 Å². The molecule has 0 spiro atoms. The molecular formula is C17H16F3N5O2. The third-order valence-electron chi connectivity index (χ3n) is 4.45. The Balaban J connectivity index is 2.21. The number of hydrogen-bond donors (Lipinski definition) is 4. The van der Waals surface area contributed by atoms with E-state index in [1.54, 1.807) is 0 Å². The molecule has 1 aliphatic heterocycles. The second kappa shape index (κ2) is 6.92. The largest absolute Gasteiger partial charge is 0.507 e. The highest BCUT2D eigenvalue weighted by molar-refractivity contribution is 5.75. The molecule has 2 aromatic rings. The van der Waals surface area contributed by atoms with Crippen LogP contribution in [0.15, 0.2) is 12.1 Å². The van der Waals surface area contributed by atoms with Gasteiger partial charge in [-0.2, -0.15) is 18.4 Å². The fourth-order valence-corrected chi connectivity index (χ4v) is 3.13. The first-order chi connectivity index (χ1) is 12.7. The summed E-state index contributed by atoms with van der Waals surface area (Å²) in [5, 5.41) is 32.7. The first-order valence-corrected chi connectivity index (χ1v) is 8.14. The Morgan fingerprint density at radius 1 is 1.26 bits per heavy atom. The second-order valence-corrected chi connectivity index (χ2v) is 6.20. The third-order valence-corrected chi connectivity index (χ3v) is 4.45. The van der Waals surface area contributed by atoms with Gasteiger partial charge in [-0.05, 0) is 31.5 Å². The lowest BCUT2D eigenvalue weighted by Crippen LogP contribution is -2.29. The highest BCUT2D eigenvalue weighted by atomic mass is 19.4. The zero-order valence-corrected chi connectivity index (χ0v) is 14.0. The van der Waals surface area contributed by atoms with Crippen molar-refractivity contribution in [3.8, 4) is 29.0 Å². The highest BCUT2D eigenvalue weighted by Gasteiger charge is 2.36. The van der Waals surface area contributed by atoms with Crippen molar-refractivity contribution in [3.05, 3.63) is 29.0 Å². The van der Waals surface area contributed by atoms with Crippen molar-refractivity contribution in [3.63, 3.8) is 0 Å². The maximum absolute atomic E-state index is 13.1. The summed E-state index contributed by atoms with van der Waals surface area (Å²) in [7, 11) is 0. The Kier molecular flexibility index (Phi) is 4.80. The Morgan fingerprint density at radius 2 is 2.00 bits per heavy atom. The zero-order chi connectivity index (χ0) is 19.8. The van der Waals surface area contributed by atoms with Gasteiger partial charge in [-0.15, -0.1) is 0 Å². The summed E-state index contributed by atoms with van der Waals surface area (Å²) in [4.78, 5) is 8.05. The van der Waals surface area contributed by atoms with Crippen LogP contribution in [0.2, 0.25) is 0 Å². The average molecular weight is 379 g/mol. The van der Waals surface area contributed by atoms with Crippen molar-refractivity contribution in [2.45, 2.75) is 24.9 Å². The van der Waals surface area contributed by atoms with E-state index in [1.165, 1.54) is 0 Å². The number of nitrogens with one attached hydrogen (secondary N) is 1. The number of aromatic hydroxyl groups is 2. The summed E-state index contributed by atoms with van der Waals surface area (Å²) in [6, 6.07) is 3.29. The van der Waals surface area contributed by atoms with Gasteiger partial charge in [-0.25, -0.2) is 9.97 Å². The number of phenols is 2. The molecule has 0 bridgehead atoms. The minimum atomic E-state index is -4.83. The van der Waals surface area contributed by atoms with Crippen molar-refractivity contribution in [1.29, 1.82) is 5.26 Å². The monoisotopic (exact) mass is 379 g/mol. The average Bonchev–Trinajstić information content (AvgIpc) is 2.61. The summed E-state index contributed by atoms with van der Waals surface area (Å²) >= 11 is 0. The van der Waals surface area contributed by atoms with Crippen LogP contribution in [0.25, 0.3) is 11.4 Å². The summed E-state index contributed by atoms with van der Waals surface area (Å²) in [5.41, 5.74) is 4.23. The number of nitrogens with two attached hydrogens (primary N) is 1. The molecule has 5 N–H and O–H groups in total. The van der Waals surface area contributed by atoms with Crippen LogP contribution < -0.4 is 11.1 Å². The summed E-state index contributed by atoms with van der Waals surface area (Å²) in [6.07, 6.45) is -3.30. The van der Waals surface area contributed by atoms with E-state index in [-0.39, 0.29) is 28.8 Å². The lowest BCUT2D eigenvalue weighted by atomic mass is 9.93. The Morgan fingerprint density at radius 3 is 2.59 bits per heavy atom. The lowest BCUT2D eigenvalue weighted by Gasteiger charge is -2.24. The van der Waals surface area contributed by atoms with E-state index >= 15 is 0 Å². The van der Waals surface area contributed by atoms with Crippen LogP contribution in [0, 0.1) is 11.3 Å². The fraction of sp³-hybridized carbons (Fsp3) is 0.353. The summed E-state index contributed by atoms with van der Waals surface area (Å²) in [5.74, 6) is -2.60. The molecule has 10 heteroatoms. The minimum Gasteiger partial charge on any atom is -0.507 e. The lowest BCUT2D eigenvalue weighted by molar-refractivity contribution is -0.138.